The average Bonchev–Trinajstić information content (AvgIpc) is 2.73. The van der Waals surface area contributed by atoms with Crippen LogP contribution in [0.15, 0.2) is 12.3 Å². The van der Waals surface area contributed by atoms with Crippen LogP contribution in [0.4, 0.5) is 5.69 Å². The van der Waals surface area contributed by atoms with Crippen LogP contribution in [-0.4, -0.2) is 33.6 Å². The third-order valence-corrected chi connectivity index (χ3v) is 4.06. The Morgan fingerprint density at radius 2 is 2.26 bits per heavy atom. The van der Waals surface area contributed by atoms with Gasteiger partial charge in [-0.2, -0.15) is 5.10 Å². The topological polar surface area (TPSA) is 72.1 Å². The molecule has 2 rings (SSSR count). The summed E-state index contributed by atoms with van der Waals surface area (Å²) < 4.78 is 0. The van der Waals surface area contributed by atoms with Gasteiger partial charge >= 0.3 is 0 Å². The Morgan fingerprint density at radius 3 is 2.84 bits per heavy atom. The third kappa shape index (κ3) is 2.53. The molecule has 0 saturated carbocycles. The van der Waals surface area contributed by atoms with Crippen molar-refractivity contribution in [2.24, 2.45) is 0 Å². The zero-order chi connectivity index (χ0) is 14.0. The van der Waals surface area contributed by atoms with Gasteiger partial charge in [0.05, 0.1) is 11.9 Å². The molecule has 2 aromatic rings. The number of nitrogens with zero attached hydrogens (tertiary/aromatic N) is 3. The van der Waals surface area contributed by atoms with Gasteiger partial charge in [0.1, 0.15) is 9.71 Å². The van der Waals surface area contributed by atoms with Gasteiger partial charge < -0.3 is 10.6 Å². The highest BCUT2D eigenvalue weighted by molar-refractivity contribution is 7.21. The number of nitrogens with two attached hydrogens (primary N) is 1. The Hall–Kier alpha value is -1.69. The quantitative estimate of drug-likeness (QED) is 0.932. The van der Waals surface area contributed by atoms with Crippen molar-refractivity contribution in [3.05, 3.63) is 17.1 Å². The zero-order valence-electron chi connectivity index (χ0n) is 11.4. The summed E-state index contributed by atoms with van der Waals surface area (Å²) in [4.78, 5) is 15.7. The van der Waals surface area contributed by atoms with Crippen LogP contribution in [0, 0.1) is 0 Å². The molecule has 0 aliphatic rings. The Balaban J connectivity index is 2.43. The van der Waals surface area contributed by atoms with Gasteiger partial charge in [-0.3, -0.25) is 4.79 Å². The van der Waals surface area contributed by atoms with Crippen LogP contribution in [0.1, 0.15) is 36.9 Å². The number of hydrogen-bond acceptors (Lipinski definition) is 5. The number of fused-ring (bicyclic) bond motifs is 1. The van der Waals surface area contributed by atoms with E-state index in [1.54, 1.807) is 12.3 Å². The summed E-state index contributed by atoms with van der Waals surface area (Å²) in [5, 5.41) is 8.64. The summed E-state index contributed by atoms with van der Waals surface area (Å²) in [6, 6.07) is 1.95. The van der Waals surface area contributed by atoms with Gasteiger partial charge in [-0.05, 0) is 26.3 Å². The van der Waals surface area contributed by atoms with E-state index in [1.807, 2.05) is 18.7 Å². The van der Waals surface area contributed by atoms with Crippen LogP contribution < -0.4 is 5.73 Å². The minimum atomic E-state index is -0.0163. The maximum absolute atomic E-state index is 12.6. The molecule has 2 heterocycles. The highest BCUT2D eigenvalue weighted by Crippen LogP contribution is 2.32. The molecule has 0 fully saturated rings. The highest BCUT2D eigenvalue weighted by Gasteiger charge is 2.23. The van der Waals surface area contributed by atoms with Crippen LogP contribution >= 0.6 is 11.3 Å². The molecule has 0 radical (unpaired) electrons. The summed E-state index contributed by atoms with van der Waals surface area (Å²) in [5.41, 5.74) is 6.58. The summed E-state index contributed by atoms with van der Waals surface area (Å²) >= 11 is 1.31. The molecule has 0 bridgehead atoms. The number of hydrogen-bond donors (Lipinski definition) is 1. The monoisotopic (exact) mass is 278 g/mol. The van der Waals surface area contributed by atoms with Crippen LogP contribution in [0.5, 0.6) is 0 Å². The molecular weight excluding hydrogens is 260 g/mol. The second-order valence-corrected chi connectivity index (χ2v) is 5.69. The van der Waals surface area contributed by atoms with Crippen molar-refractivity contribution < 1.29 is 4.79 Å². The SMILES string of the molecule is CCCN(C(=O)c1sc2nnccc2c1N)C(C)C. The Kier molecular flexibility index (Phi) is 3.99. The summed E-state index contributed by atoms with van der Waals surface area (Å²) in [5.74, 6) is -0.0163. The number of amides is 1. The lowest BCUT2D eigenvalue weighted by atomic mass is 10.2. The average molecular weight is 278 g/mol. The smallest absolute Gasteiger partial charge is 0.266 e. The van der Waals surface area contributed by atoms with Gasteiger partial charge in [-0.15, -0.1) is 16.4 Å². The molecule has 0 atom stereocenters. The number of nitrogen functional groups attached to an aromatic ring is 1. The minimum absolute atomic E-state index is 0.0163. The lowest BCUT2D eigenvalue weighted by Gasteiger charge is -2.25. The van der Waals surface area contributed by atoms with Crippen LogP contribution in [0.2, 0.25) is 0 Å². The predicted octanol–water partition coefficient (Wildman–Crippen LogP) is 2.53. The lowest BCUT2D eigenvalue weighted by Crippen LogP contribution is -2.37. The van der Waals surface area contributed by atoms with Crippen LogP contribution in [0.3, 0.4) is 0 Å². The fraction of sp³-hybridized carbons (Fsp3) is 0.462. The van der Waals surface area contributed by atoms with Crippen molar-refractivity contribution in [3.63, 3.8) is 0 Å². The number of thiophene rings is 1. The molecule has 102 valence electrons. The van der Waals surface area contributed by atoms with Gasteiger partial charge in [0, 0.05) is 18.0 Å². The molecular formula is C13H18N4OS. The van der Waals surface area contributed by atoms with Gasteiger partial charge in [0.15, 0.2) is 0 Å². The molecule has 0 aliphatic heterocycles. The molecule has 2 N–H and O–H groups in total. The number of rotatable bonds is 4. The van der Waals surface area contributed by atoms with E-state index in [4.69, 9.17) is 5.73 Å². The molecule has 0 aromatic carbocycles. The van der Waals surface area contributed by atoms with E-state index in [0.717, 1.165) is 18.4 Å². The molecule has 2 aromatic heterocycles. The normalized spacial score (nSPS) is 11.2. The Morgan fingerprint density at radius 1 is 1.53 bits per heavy atom. The molecule has 19 heavy (non-hydrogen) atoms. The summed E-state index contributed by atoms with van der Waals surface area (Å²) in [7, 11) is 0. The molecule has 0 spiro atoms. The summed E-state index contributed by atoms with van der Waals surface area (Å²) in [6.07, 6.45) is 2.51. The van der Waals surface area contributed by atoms with E-state index < -0.39 is 0 Å². The van der Waals surface area contributed by atoms with E-state index in [0.29, 0.717) is 15.4 Å². The van der Waals surface area contributed by atoms with Crippen molar-refractivity contribution in [2.75, 3.05) is 12.3 Å². The Bertz CT molecular complexity index is 593. The third-order valence-electron chi connectivity index (χ3n) is 2.96. The number of anilines is 1. The van der Waals surface area contributed by atoms with Crippen molar-refractivity contribution >= 4 is 33.1 Å². The molecule has 0 aliphatic carbocycles. The first-order valence-corrected chi connectivity index (χ1v) is 7.18. The predicted molar refractivity (Wildman–Crippen MR) is 78.3 cm³/mol. The second-order valence-electron chi connectivity index (χ2n) is 4.69. The van der Waals surface area contributed by atoms with Gasteiger partial charge in [0.2, 0.25) is 0 Å². The fourth-order valence-electron chi connectivity index (χ4n) is 2.00. The molecule has 5 nitrogen and oxygen atoms in total. The van der Waals surface area contributed by atoms with Gasteiger partial charge in [-0.1, -0.05) is 6.92 Å². The number of carbonyl (C=O) groups excluding carboxylic acids is 1. The fourth-order valence-corrected chi connectivity index (χ4v) is 2.99. The first-order valence-electron chi connectivity index (χ1n) is 6.36. The van der Waals surface area contributed by atoms with E-state index in [2.05, 4.69) is 17.1 Å². The molecule has 1 amide bonds. The van der Waals surface area contributed by atoms with Crippen molar-refractivity contribution in [1.29, 1.82) is 0 Å². The maximum Gasteiger partial charge on any atom is 0.266 e. The first-order chi connectivity index (χ1) is 9.06. The van der Waals surface area contributed by atoms with E-state index in [-0.39, 0.29) is 11.9 Å². The van der Waals surface area contributed by atoms with E-state index >= 15 is 0 Å². The molecule has 6 heteroatoms. The van der Waals surface area contributed by atoms with E-state index in [1.165, 1.54) is 11.3 Å². The minimum Gasteiger partial charge on any atom is -0.397 e. The van der Waals surface area contributed by atoms with Crippen molar-refractivity contribution in [3.8, 4) is 0 Å². The number of aromatic nitrogens is 2. The molecule has 0 unspecified atom stereocenters. The van der Waals surface area contributed by atoms with Crippen LogP contribution in [0.25, 0.3) is 10.2 Å². The van der Waals surface area contributed by atoms with Crippen molar-refractivity contribution in [2.45, 2.75) is 33.2 Å². The standard InChI is InChI=1S/C13H18N4OS/c1-4-7-17(8(2)3)13(18)11-10(14)9-5-6-15-16-12(9)19-11/h5-6,8H,4,7,14H2,1-3H3. The number of carbonyl (C=O) groups is 1. The first kappa shape index (κ1) is 13.7. The van der Waals surface area contributed by atoms with Crippen molar-refractivity contribution in [1.82, 2.24) is 15.1 Å². The highest BCUT2D eigenvalue weighted by atomic mass is 32.1. The maximum atomic E-state index is 12.6. The van der Waals surface area contributed by atoms with Gasteiger partial charge in [-0.25, -0.2) is 0 Å². The molecule has 0 saturated heterocycles. The second kappa shape index (κ2) is 5.52. The summed E-state index contributed by atoms with van der Waals surface area (Å²) in [6.45, 7) is 6.81. The largest absolute Gasteiger partial charge is 0.397 e. The zero-order valence-corrected chi connectivity index (χ0v) is 12.2. The van der Waals surface area contributed by atoms with E-state index in [9.17, 15) is 4.79 Å². The van der Waals surface area contributed by atoms with Crippen LogP contribution in [-0.2, 0) is 0 Å². The lowest BCUT2D eigenvalue weighted by molar-refractivity contribution is 0.0712. The van der Waals surface area contributed by atoms with Gasteiger partial charge in [0.25, 0.3) is 5.91 Å². The Labute approximate surface area is 116 Å².